The second kappa shape index (κ2) is 9.92. The molecule has 0 bridgehead atoms. The van der Waals surface area contributed by atoms with Crippen LogP contribution >= 0.6 is 0 Å². The number of fused-ring (bicyclic) bond motifs is 3. The van der Waals surface area contributed by atoms with Crippen LogP contribution < -0.4 is 10.6 Å². The van der Waals surface area contributed by atoms with Gasteiger partial charge in [0, 0.05) is 12.5 Å². The zero-order valence-corrected chi connectivity index (χ0v) is 17.4. The summed E-state index contributed by atoms with van der Waals surface area (Å²) in [6.45, 7) is -0.209. The van der Waals surface area contributed by atoms with Gasteiger partial charge in [-0.05, 0) is 22.3 Å². The molecule has 4 rings (SSSR count). The number of nitrogens with zero attached hydrogens (tertiary/aromatic N) is 2. The van der Waals surface area contributed by atoms with Gasteiger partial charge in [-0.3, -0.25) is 15.2 Å². The molecule has 1 heterocycles. The van der Waals surface area contributed by atoms with E-state index in [4.69, 9.17) is 14.6 Å². The van der Waals surface area contributed by atoms with Crippen molar-refractivity contribution in [3.63, 3.8) is 0 Å². The summed E-state index contributed by atoms with van der Waals surface area (Å²) in [5.74, 6) is -2.00. The van der Waals surface area contributed by atoms with Crippen molar-refractivity contribution in [2.24, 2.45) is 0 Å². The zero-order valence-electron chi connectivity index (χ0n) is 17.4. The minimum atomic E-state index is -1.10. The van der Waals surface area contributed by atoms with Crippen molar-refractivity contribution in [1.29, 1.82) is 0 Å². The van der Waals surface area contributed by atoms with E-state index in [1.807, 2.05) is 48.5 Å². The van der Waals surface area contributed by atoms with E-state index in [-0.39, 0.29) is 37.4 Å². The molecule has 0 saturated heterocycles. The molecule has 4 N–H and O–H groups in total. The quantitative estimate of drug-likeness (QED) is 0.360. The van der Waals surface area contributed by atoms with E-state index in [2.05, 4.69) is 25.8 Å². The van der Waals surface area contributed by atoms with Crippen LogP contribution in [-0.4, -0.2) is 64.6 Å². The van der Waals surface area contributed by atoms with Gasteiger partial charge >= 0.3 is 12.1 Å². The van der Waals surface area contributed by atoms with E-state index in [9.17, 15) is 14.4 Å². The third-order valence-corrected chi connectivity index (χ3v) is 5.02. The topological polar surface area (TPSA) is 156 Å². The first kappa shape index (κ1) is 22.0. The van der Waals surface area contributed by atoms with Crippen molar-refractivity contribution in [3.8, 4) is 11.1 Å². The standard InChI is InChI=1S/C22H21N5O6/c28-18(29)12-32-10-9-23-20(30)19-24-21(27-26-19)25-22(31)33-11-17-15-7-3-1-5-13(15)14-6-2-4-8-16(14)17/h1-8,17H,9-12H2,(H,23,30)(H,28,29)(H2,24,25,26,27,31). The van der Waals surface area contributed by atoms with Crippen molar-refractivity contribution < 1.29 is 29.0 Å². The summed E-state index contributed by atoms with van der Waals surface area (Å²) in [7, 11) is 0. The van der Waals surface area contributed by atoms with Crippen molar-refractivity contribution in [3.05, 3.63) is 65.5 Å². The lowest BCUT2D eigenvalue weighted by atomic mass is 9.98. The summed E-state index contributed by atoms with van der Waals surface area (Å²) in [5.41, 5.74) is 4.44. The fraction of sp³-hybridized carbons (Fsp3) is 0.227. The molecule has 1 aromatic heterocycles. The number of nitrogens with one attached hydrogen (secondary N) is 3. The molecule has 0 atom stereocenters. The molecule has 11 heteroatoms. The van der Waals surface area contributed by atoms with E-state index in [1.165, 1.54) is 0 Å². The number of rotatable bonds is 9. The highest BCUT2D eigenvalue weighted by Gasteiger charge is 2.29. The Bertz CT molecular complexity index is 1130. The average Bonchev–Trinajstić information content (AvgIpc) is 3.40. The maximum atomic E-state index is 12.3. The van der Waals surface area contributed by atoms with Crippen LogP contribution in [0.2, 0.25) is 0 Å². The van der Waals surface area contributed by atoms with Gasteiger partial charge in [0.2, 0.25) is 5.82 Å². The van der Waals surface area contributed by atoms with E-state index >= 15 is 0 Å². The number of carbonyl (C=O) groups excluding carboxylic acids is 2. The Morgan fingerprint density at radius 2 is 1.70 bits per heavy atom. The number of carbonyl (C=O) groups is 3. The average molecular weight is 451 g/mol. The van der Waals surface area contributed by atoms with Gasteiger partial charge in [-0.1, -0.05) is 48.5 Å². The maximum Gasteiger partial charge on any atom is 0.414 e. The van der Waals surface area contributed by atoms with Gasteiger partial charge in [0.1, 0.15) is 13.2 Å². The van der Waals surface area contributed by atoms with E-state index < -0.39 is 24.6 Å². The summed E-state index contributed by atoms with van der Waals surface area (Å²) in [6, 6.07) is 16.0. The van der Waals surface area contributed by atoms with Gasteiger partial charge < -0.3 is 19.9 Å². The number of benzene rings is 2. The summed E-state index contributed by atoms with van der Waals surface area (Å²) in [5, 5.41) is 19.6. The first-order chi connectivity index (χ1) is 16.0. The number of amides is 2. The number of ether oxygens (including phenoxy) is 2. The van der Waals surface area contributed by atoms with Crippen LogP contribution in [0.25, 0.3) is 11.1 Å². The van der Waals surface area contributed by atoms with Crippen LogP contribution in [-0.2, 0) is 14.3 Å². The molecule has 11 nitrogen and oxygen atoms in total. The van der Waals surface area contributed by atoms with Crippen molar-refractivity contribution in [2.45, 2.75) is 5.92 Å². The van der Waals surface area contributed by atoms with Crippen LogP contribution in [0.5, 0.6) is 0 Å². The summed E-state index contributed by atoms with van der Waals surface area (Å²) >= 11 is 0. The molecule has 0 radical (unpaired) electrons. The molecule has 1 aliphatic carbocycles. The maximum absolute atomic E-state index is 12.3. The lowest BCUT2D eigenvalue weighted by molar-refractivity contribution is -0.142. The Morgan fingerprint density at radius 3 is 2.36 bits per heavy atom. The van der Waals surface area contributed by atoms with Crippen LogP contribution in [0.4, 0.5) is 10.7 Å². The predicted octanol–water partition coefficient (Wildman–Crippen LogP) is 2.00. The second-order valence-electron chi connectivity index (χ2n) is 7.16. The highest BCUT2D eigenvalue weighted by atomic mass is 16.5. The Kier molecular flexibility index (Phi) is 6.60. The summed E-state index contributed by atoms with van der Waals surface area (Å²) in [4.78, 5) is 38.6. The molecule has 0 saturated carbocycles. The molecule has 0 aliphatic heterocycles. The van der Waals surface area contributed by atoms with Crippen LogP contribution in [0, 0.1) is 0 Å². The molecule has 0 spiro atoms. The van der Waals surface area contributed by atoms with Crippen molar-refractivity contribution in [1.82, 2.24) is 20.5 Å². The minimum Gasteiger partial charge on any atom is -0.480 e. The minimum absolute atomic E-state index is 0.0248. The smallest absolute Gasteiger partial charge is 0.414 e. The highest BCUT2D eigenvalue weighted by Crippen LogP contribution is 2.44. The number of anilines is 1. The molecule has 33 heavy (non-hydrogen) atoms. The van der Waals surface area contributed by atoms with E-state index in [0.717, 1.165) is 22.3 Å². The SMILES string of the molecule is O=C(O)COCCNC(=O)c1nc(NC(=O)OCC2c3ccccc3-c3ccccc32)n[nH]1. The van der Waals surface area contributed by atoms with E-state index in [0.29, 0.717) is 0 Å². The number of carboxylic acid groups (broad SMARTS) is 1. The Morgan fingerprint density at radius 1 is 1.03 bits per heavy atom. The van der Waals surface area contributed by atoms with Gasteiger partial charge in [-0.2, -0.15) is 4.98 Å². The summed E-state index contributed by atoms with van der Waals surface area (Å²) < 4.78 is 10.2. The monoisotopic (exact) mass is 451 g/mol. The number of hydrogen-bond acceptors (Lipinski definition) is 7. The van der Waals surface area contributed by atoms with Gasteiger partial charge in [-0.25, -0.2) is 9.59 Å². The van der Waals surface area contributed by atoms with Gasteiger partial charge in [0.05, 0.1) is 6.61 Å². The molecule has 0 unspecified atom stereocenters. The Hall–Kier alpha value is -4.25. The lowest BCUT2D eigenvalue weighted by Gasteiger charge is -2.13. The molecular weight excluding hydrogens is 430 g/mol. The van der Waals surface area contributed by atoms with Gasteiger partial charge in [-0.15, -0.1) is 5.10 Å². The molecular formula is C22H21N5O6. The molecule has 3 aromatic rings. The number of carboxylic acids is 1. The van der Waals surface area contributed by atoms with Crippen molar-refractivity contribution >= 4 is 23.9 Å². The molecule has 0 fully saturated rings. The van der Waals surface area contributed by atoms with Crippen LogP contribution in [0.15, 0.2) is 48.5 Å². The van der Waals surface area contributed by atoms with Gasteiger partial charge in [0.25, 0.3) is 11.9 Å². The number of hydrogen-bond donors (Lipinski definition) is 4. The largest absolute Gasteiger partial charge is 0.480 e. The highest BCUT2D eigenvalue weighted by molar-refractivity contribution is 5.91. The number of H-pyrrole nitrogens is 1. The zero-order chi connectivity index (χ0) is 23.2. The van der Waals surface area contributed by atoms with Crippen LogP contribution in [0.3, 0.4) is 0 Å². The van der Waals surface area contributed by atoms with Gasteiger partial charge in [0.15, 0.2) is 0 Å². The molecule has 2 aromatic carbocycles. The van der Waals surface area contributed by atoms with Crippen LogP contribution in [0.1, 0.15) is 27.7 Å². The Balaban J connectivity index is 1.28. The molecule has 2 amide bonds. The lowest BCUT2D eigenvalue weighted by Crippen LogP contribution is -2.28. The second-order valence-corrected chi connectivity index (χ2v) is 7.16. The number of aliphatic carboxylic acids is 1. The predicted molar refractivity (Wildman–Crippen MR) is 116 cm³/mol. The fourth-order valence-electron chi connectivity index (χ4n) is 3.62. The molecule has 170 valence electrons. The number of aromatic amines is 1. The Labute approximate surface area is 188 Å². The van der Waals surface area contributed by atoms with E-state index in [1.54, 1.807) is 0 Å². The third kappa shape index (κ3) is 5.15. The summed E-state index contributed by atoms with van der Waals surface area (Å²) in [6.07, 6.45) is -0.745. The first-order valence-electron chi connectivity index (χ1n) is 10.1. The third-order valence-electron chi connectivity index (χ3n) is 5.02. The molecule has 1 aliphatic rings. The normalized spacial score (nSPS) is 12.0. The first-order valence-corrected chi connectivity index (χ1v) is 10.1. The number of aromatic nitrogens is 3. The fourth-order valence-corrected chi connectivity index (χ4v) is 3.62. The van der Waals surface area contributed by atoms with Crippen molar-refractivity contribution in [2.75, 3.05) is 31.7 Å².